The fourth-order valence-electron chi connectivity index (χ4n) is 3.45. The number of hydrogen-bond acceptors (Lipinski definition) is 3. The fourth-order valence-corrected chi connectivity index (χ4v) is 3.45. The molecule has 18 heavy (non-hydrogen) atoms. The van der Waals surface area contributed by atoms with Gasteiger partial charge in [0.1, 0.15) is 5.82 Å². The van der Waals surface area contributed by atoms with Crippen molar-refractivity contribution in [3.63, 3.8) is 0 Å². The topological polar surface area (TPSA) is 33.1 Å². The van der Waals surface area contributed by atoms with Crippen molar-refractivity contribution in [1.29, 1.82) is 0 Å². The summed E-state index contributed by atoms with van der Waals surface area (Å²) in [5.74, 6) is 1.21. The number of aromatic nitrogens is 2. The lowest BCUT2D eigenvalue weighted by Crippen LogP contribution is -2.39. The number of imidazole rings is 1. The normalized spacial score (nSPS) is 29.3. The minimum atomic E-state index is 0.658. The summed E-state index contributed by atoms with van der Waals surface area (Å²) < 4.78 is 2.54. The summed E-state index contributed by atoms with van der Waals surface area (Å²) in [6, 6.07) is 1.34. The van der Waals surface area contributed by atoms with Gasteiger partial charge in [-0.15, -0.1) is 0 Å². The summed E-state index contributed by atoms with van der Waals surface area (Å²) in [5.41, 5.74) is 2.78. The SMILES string of the molecule is Cc1nc2c(n1C1CCN(C)C(C)C1)CCNC2. The van der Waals surface area contributed by atoms with Gasteiger partial charge in [0.25, 0.3) is 0 Å². The largest absolute Gasteiger partial charge is 0.329 e. The van der Waals surface area contributed by atoms with Crippen LogP contribution in [0.4, 0.5) is 0 Å². The van der Waals surface area contributed by atoms with E-state index in [4.69, 9.17) is 4.98 Å². The maximum absolute atomic E-state index is 4.76. The predicted molar refractivity (Wildman–Crippen MR) is 72.7 cm³/mol. The number of nitrogens with zero attached hydrogens (tertiary/aromatic N) is 3. The van der Waals surface area contributed by atoms with Gasteiger partial charge in [0.15, 0.2) is 0 Å². The molecule has 0 aliphatic carbocycles. The van der Waals surface area contributed by atoms with Gasteiger partial charge in [-0.3, -0.25) is 0 Å². The number of aryl methyl sites for hydroxylation is 1. The van der Waals surface area contributed by atoms with Gasteiger partial charge < -0.3 is 14.8 Å². The number of likely N-dealkylation sites (tertiary alicyclic amines) is 1. The van der Waals surface area contributed by atoms with Crippen molar-refractivity contribution in [1.82, 2.24) is 19.8 Å². The summed E-state index contributed by atoms with van der Waals surface area (Å²) >= 11 is 0. The molecule has 2 atom stereocenters. The van der Waals surface area contributed by atoms with Crippen LogP contribution in [0.15, 0.2) is 0 Å². The number of rotatable bonds is 1. The Bertz CT molecular complexity index is 437. The van der Waals surface area contributed by atoms with E-state index >= 15 is 0 Å². The third-order valence-corrected chi connectivity index (χ3v) is 4.65. The highest BCUT2D eigenvalue weighted by molar-refractivity contribution is 5.21. The molecule has 2 unspecified atom stereocenters. The van der Waals surface area contributed by atoms with Gasteiger partial charge >= 0.3 is 0 Å². The second-order valence-electron chi connectivity index (χ2n) is 5.86. The number of piperidine rings is 1. The molecule has 1 aromatic rings. The molecule has 1 saturated heterocycles. The van der Waals surface area contributed by atoms with Gasteiger partial charge in [0.05, 0.1) is 5.69 Å². The average molecular weight is 248 g/mol. The van der Waals surface area contributed by atoms with Gasteiger partial charge in [0, 0.05) is 43.8 Å². The highest BCUT2D eigenvalue weighted by Crippen LogP contribution is 2.30. The van der Waals surface area contributed by atoms with Crippen LogP contribution in [0.2, 0.25) is 0 Å². The Balaban J connectivity index is 1.90. The Morgan fingerprint density at radius 2 is 2.22 bits per heavy atom. The first-order chi connectivity index (χ1) is 8.66. The van der Waals surface area contributed by atoms with Crippen LogP contribution in [-0.2, 0) is 13.0 Å². The molecule has 0 aromatic carbocycles. The molecule has 0 amide bonds. The number of fused-ring (bicyclic) bond motifs is 1. The van der Waals surface area contributed by atoms with Gasteiger partial charge in [-0.25, -0.2) is 4.98 Å². The van der Waals surface area contributed by atoms with E-state index in [1.165, 1.54) is 36.6 Å². The third-order valence-electron chi connectivity index (χ3n) is 4.65. The Morgan fingerprint density at radius 1 is 1.39 bits per heavy atom. The van der Waals surface area contributed by atoms with Gasteiger partial charge in [-0.05, 0) is 33.7 Å². The van der Waals surface area contributed by atoms with E-state index in [-0.39, 0.29) is 0 Å². The van der Waals surface area contributed by atoms with Crippen LogP contribution in [0, 0.1) is 6.92 Å². The molecular weight excluding hydrogens is 224 g/mol. The maximum atomic E-state index is 4.76. The molecule has 1 N–H and O–H groups in total. The van der Waals surface area contributed by atoms with E-state index in [2.05, 4.69) is 35.7 Å². The molecule has 1 fully saturated rings. The third kappa shape index (κ3) is 1.97. The first-order valence-electron chi connectivity index (χ1n) is 7.14. The summed E-state index contributed by atoms with van der Waals surface area (Å²) in [5, 5.41) is 3.42. The first-order valence-corrected chi connectivity index (χ1v) is 7.14. The summed E-state index contributed by atoms with van der Waals surface area (Å²) in [4.78, 5) is 7.23. The highest BCUT2D eigenvalue weighted by Gasteiger charge is 2.28. The van der Waals surface area contributed by atoms with Crippen LogP contribution in [0.1, 0.15) is 43.0 Å². The number of nitrogens with one attached hydrogen (secondary N) is 1. The van der Waals surface area contributed by atoms with E-state index in [0.29, 0.717) is 12.1 Å². The quantitative estimate of drug-likeness (QED) is 0.817. The Labute approximate surface area is 109 Å². The van der Waals surface area contributed by atoms with Crippen molar-refractivity contribution in [3.05, 3.63) is 17.2 Å². The van der Waals surface area contributed by atoms with Crippen molar-refractivity contribution in [2.45, 2.75) is 51.7 Å². The van der Waals surface area contributed by atoms with Gasteiger partial charge in [-0.2, -0.15) is 0 Å². The van der Waals surface area contributed by atoms with E-state index in [1.54, 1.807) is 0 Å². The molecule has 3 rings (SSSR count). The smallest absolute Gasteiger partial charge is 0.106 e. The Hall–Kier alpha value is -0.870. The Kier molecular flexibility index (Phi) is 3.16. The van der Waals surface area contributed by atoms with Crippen molar-refractivity contribution in [2.75, 3.05) is 20.1 Å². The maximum Gasteiger partial charge on any atom is 0.106 e. The molecule has 0 bridgehead atoms. The van der Waals surface area contributed by atoms with E-state index < -0.39 is 0 Å². The number of hydrogen-bond donors (Lipinski definition) is 1. The molecule has 4 nitrogen and oxygen atoms in total. The summed E-state index contributed by atoms with van der Waals surface area (Å²) in [7, 11) is 2.24. The predicted octanol–water partition coefficient (Wildman–Crippen LogP) is 1.49. The van der Waals surface area contributed by atoms with Crippen LogP contribution in [0.3, 0.4) is 0 Å². The molecule has 3 heterocycles. The average Bonchev–Trinajstić information content (AvgIpc) is 2.69. The molecule has 100 valence electrons. The molecular formula is C14H24N4. The molecule has 0 saturated carbocycles. The molecule has 4 heteroatoms. The van der Waals surface area contributed by atoms with E-state index in [0.717, 1.165) is 19.5 Å². The minimum Gasteiger partial charge on any atom is -0.329 e. The summed E-state index contributed by atoms with van der Waals surface area (Å²) in [6.07, 6.45) is 3.66. The monoisotopic (exact) mass is 248 g/mol. The van der Waals surface area contributed by atoms with Crippen molar-refractivity contribution >= 4 is 0 Å². The van der Waals surface area contributed by atoms with Crippen molar-refractivity contribution < 1.29 is 0 Å². The van der Waals surface area contributed by atoms with Crippen LogP contribution in [0.25, 0.3) is 0 Å². The van der Waals surface area contributed by atoms with Crippen LogP contribution < -0.4 is 5.32 Å². The minimum absolute atomic E-state index is 0.658. The molecule has 2 aliphatic rings. The first kappa shape index (κ1) is 12.2. The van der Waals surface area contributed by atoms with Gasteiger partial charge in [0.2, 0.25) is 0 Å². The Morgan fingerprint density at radius 3 is 3.00 bits per heavy atom. The van der Waals surface area contributed by atoms with Crippen LogP contribution in [0.5, 0.6) is 0 Å². The van der Waals surface area contributed by atoms with Crippen LogP contribution >= 0.6 is 0 Å². The van der Waals surface area contributed by atoms with E-state index in [9.17, 15) is 0 Å². The molecule has 0 radical (unpaired) electrons. The van der Waals surface area contributed by atoms with Crippen LogP contribution in [-0.4, -0.2) is 40.6 Å². The molecule has 0 spiro atoms. The van der Waals surface area contributed by atoms with Gasteiger partial charge in [-0.1, -0.05) is 0 Å². The lowest BCUT2D eigenvalue weighted by molar-refractivity contribution is 0.154. The second kappa shape index (κ2) is 4.67. The zero-order valence-corrected chi connectivity index (χ0v) is 11.7. The molecule has 1 aromatic heterocycles. The zero-order valence-electron chi connectivity index (χ0n) is 11.7. The van der Waals surface area contributed by atoms with Crippen molar-refractivity contribution in [3.8, 4) is 0 Å². The highest BCUT2D eigenvalue weighted by atomic mass is 15.2. The fraction of sp³-hybridized carbons (Fsp3) is 0.786. The van der Waals surface area contributed by atoms with Crippen molar-refractivity contribution in [2.24, 2.45) is 0 Å². The molecule has 2 aliphatic heterocycles. The standard InChI is InChI=1S/C14H24N4/c1-10-8-12(5-7-17(10)3)18-11(2)16-13-9-15-6-4-14(13)18/h10,12,15H,4-9H2,1-3H3. The summed E-state index contributed by atoms with van der Waals surface area (Å²) in [6.45, 7) is 7.76. The lowest BCUT2D eigenvalue weighted by Gasteiger charge is -2.37. The zero-order chi connectivity index (χ0) is 12.7. The lowest BCUT2D eigenvalue weighted by atomic mass is 9.98. The second-order valence-corrected chi connectivity index (χ2v) is 5.86. The van der Waals surface area contributed by atoms with E-state index in [1.807, 2.05) is 0 Å².